The summed E-state index contributed by atoms with van der Waals surface area (Å²) in [6.45, 7) is 2.16. The number of aromatic nitrogens is 3. The quantitative estimate of drug-likeness (QED) is 0.444. The van der Waals surface area contributed by atoms with Crippen molar-refractivity contribution in [2.45, 2.75) is 19.6 Å². The summed E-state index contributed by atoms with van der Waals surface area (Å²) < 4.78 is 42.7. The number of hydrogen-bond donors (Lipinski definition) is 1. The highest BCUT2D eigenvalue weighted by Gasteiger charge is 2.39. The van der Waals surface area contributed by atoms with E-state index < -0.39 is 11.9 Å². The van der Waals surface area contributed by atoms with Crippen molar-refractivity contribution >= 4 is 23.1 Å². The smallest absolute Gasteiger partial charge is 0.366 e. The zero-order chi connectivity index (χ0) is 20.6. The van der Waals surface area contributed by atoms with Gasteiger partial charge in [0.05, 0.1) is 5.56 Å². The third kappa shape index (κ3) is 3.78. The lowest BCUT2D eigenvalue weighted by Gasteiger charge is -2.10. The molecule has 0 aliphatic rings. The largest absolute Gasteiger partial charge is 0.435 e. The Balaban J connectivity index is 1.91. The summed E-state index contributed by atoms with van der Waals surface area (Å²) >= 11 is 6.21. The number of halogens is 4. The van der Waals surface area contributed by atoms with Crippen LogP contribution in [0.25, 0.3) is 16.8 Å². The molecule has 4 aromatic rings. The molecule has 0 aliphatic carbocycles. The number of anilines is 1. The molecule has 148 valence electrons. The highest BCUT2D eigenvalue weighted by atomic mass is 35.5. The third-order valence-corrected chi connectivity index (χ3v) is 4.77. The Kier molecular flexibility index (Phi) is 4.92. The highest BCUT2D eigenvalue weighted by Crippen LogP contribution is 2.41. The fourth-order valence-corrected chi connectivity index (χ4v) is 3.39. The maximum Gasteiger partial charge on any atom is 0.435 e. The number of aryl methyl sites for hydroxylation is 1. The van der Waals surface area contributed by atoms with Crippen molar-refractivity contribution in [2.75, 3.05) is 5.32 Å². The Hall–Kier alpha value is -3.06. The molecule has 1 N–H and O–H groups in total. The molecule has 0 spiro atoms. The van der Waals surface area contributed by atoms with E-state index in [0.717, 1.165) is 5.56 Å². The Morgan fingerprint density at radius 2 is 1.72 bits per heavy atom. The average molecular weight is 417 g/mol. The first kappa shape index (κ1) is 19.3. The van der Waals surface area contributed by atoms with Crippen molar-refractivity contribution < 1.29 is 13.2 Å². The molecule has 2 aromatic carbocycles. The van der Waals surface area contributed by atoms with Crippen molar-refractivity contribution in [3.63, 3.8) is 0 Å². The van der Waals surface area contributed by atoms with Gasteiger partial charge in [0.25, 0.3) is 0 Å². The van der Waals surface area contributed by atoms with E-state index in [9.17, 15) is 13.2 Å². The summed E-state index contributed by atoms with van der Waals surface area (Å²) in [4.78, 5) is 4.34. The van der Waals surface area contributed by atoms with Crippen LogP contribution in [0.15, 0.2) is 60.7 Å². The van der Waals surface area contributed by atoms with Gasteiger partial charge in [-0.15, -0.1) is 0 Å². The maximum atomic E-state index is 13.8. The number of alkyl halides is 3. The second kappa shape index (κ2) is 7.40. The first-order valence-corrected chi connectivity index (χ1v) is 9.22. The van der Waals surface area contributed by atoms with Crippen LogP contribution in [0.1, 0.15) is 17.0 Å². The minimum atomic E-state index is -4.66. The lowest BCUT2D eigenvalue weighted by atomic mass is 10.1. The van der Waals surface area contributed by atoms with Gasteiger partial charge in [-0.05, 0) is 18.6 Å². The Labute approximate surface area is 170 Å². The molecule has 8 heteroatoms. The Bertz CT molecular complexity index is 1170. The molecule has 0 fully saturated rings. The van der Waals surface area contributed by atoms with Gasteiger partial charge in [0.2, 0.25) is 0 Å². The molecule has 0 saturated heterocycles. The summed E-state index contributed by atoms with van der Waals surface area (Å²) in [5.74, 6) is 0.417. The van der Waals surface area contributed by atoms with Gasteiger partial charge in [0, 0.05) is 28.9 Å². The highest BCUT2D eigenvalue weighted by molar-refractivity contribution is 6.33. The van der Waals surface area contributed by atoms with Gasteiger partial charge < -0.3 is 5.32 Å². The summed E-state index contributed by atoms with van der Waals surface area (Å²) in [5, 5.41) is 7.23. The molecule has 0 bridgehead atoms. The fraction of sp³-hybridized carbons (Fsp3) is 0.143. The third-order valence-electron chi connectivity index (χ3n) is 4.45. The summed E-state index contributed by atoms with van der Waals surface area (Å²) in [6.07, 6.45) is -4.66. The van der Waals surface area contributed by atoms with E-state index in [2.05, 4.69) is 15.4 Å². The fourth-order valence-electron chi connectivity index (χ4n) is 3.16. The van der Waals surface area contributed by atoms with Gasteiger partial charge in [-0.3, -0.25) is 0 Å². The van der Waals surface area contributed by atoms with E-state index in [-0.39, 0.29) is 21.8 Å². The lowest BCUT2D eigenvalue weighted by molar-refractivity contribution is -0.140. The van der Waals surface area contributed by atoms with Gasteiger partial charge >= 0.3 is 6.18 Å². The molecule has 0 unspecified atom stereocenters. The van der Waals surface area contributed by atoms with Gasteiger partial charge in [0.15, 0.2) is 11.3 Å². The number of benzene rings is 2. The van der Waals surface area contributed by atoms with Crippen molar-refractivity contribution in [3.05, 3.63) is 82.6 Å². The van der Waals surface area contributed by atoms with Crippen molar-refractivity contribution in [3.8, 4) is 11.1 Å². The van der Waals surface area contributed by atoms with Crippen LogP contribution in [-0.2, 0) is 12.7 Å². The Morgan fingerprint density at radius 3 is 2.41 bits per heavy atom. The number of fused-ring (bicyclic) bond motifs is 1. The van der Waals surface area contributed by atoms with Gasteiger partial charge in [-0.25, -0.2) is 4.98 Å². The molecule has 4 nitrogen and oxygen atoms in total. The van der Waals surface area contributed by atoms with Crippen LogP contribution in [0.2, 0.25) is 5.02 Å². The normalized spacial score (nSPS) is 11.8. The lowest BCUT2D eigenvalue weighted by Crippen LogP contribution is -2.09. The van der Waals surface area contributed by atoms with Crippen molar-refractivity contribution in [1.82, 2.24) is 14.6 Å². The SMILES string of the molecule is Cc1cc(NCc2ccccc2)n2nc(C(F)(F)F)c(-c3ccccc3Cl)c2n1. The van der Waals surface area contributed by atoms with Gasteiger partial charge in [0.1, 0.15) is 5.82 Å². The van der Waals surface area contributed by atoms with Crippen molar-refractivity contribution in [2.24, 2.45) is 0 Å². The Morgan fingerprint density at radius 1 is 1.03 bits per heavy atom. The van der Waals surface area contributed by atoms with Crippen LogP contribution >= 0.6 is 11.6 Å². The summed E-state index contributed by atoms with van der Waals surface area (Å²) in [6, 6.07) is 17.6. The van der Waals surface area contributed by atoms with E-state index in [1.54, 1.807) is 31.2 Å². The molecule has 0 amide bonds. The van der Waals surface area contributed by atoms with Crippen LogP contribution in [-0.4, -0.2) is 14.6 Å². The molecule has 0 saturated carbocycles. The van der Waals surface area contributed by atoms with Crippen LogP contribution in [0.4, 0.5) is 19.0 Å². The van der Waals surface area contributed by atoms with Gasteiger partial charge in [-0.1, -0.05) is 60.1 Å². The zero-order valence-electron chi connectivity index (χ0n) is 15.3. The molecule has 0 aliphatic heterocycles. The monoisotopic (exact) mass is 416 g/mol. The topological polar surface area (TPSA) is 42.2 Å². The van der Waals surface area contributed by atoms with E-state index in [1.165, 1.54) is 10.6 Å². The molecular weight excluding hydrogens is 401 g/mol. The van der Waals surface area contributed by atoms with Crippen LogP contribution in [0.5, 0.6) is 0 Å². The average Bonchev–Trinajstić information content (AvgIpc) is 3.07. The van der Waals surface area contributed by atoms with Crippen molar-refractivity contribution in [1.29, 1.82) is 0 Å². The standard InChI is InChI=1S/C21H16ClF3N4/c1-13-11-17(26-12-14-7-3-2-4-8-14)29-20(27-13)18(19(28-29)21(23,24)25)15-9-5-6-10-16(15)22/h2-11,26H,12H2,1H3. The minimum absolute atomic E-state index is 0.0981. The second-order valence-corrected chi connectivity index (χ2v) is 6.97. The van der Waals surface area contributed by atoms with E-state index >= 15 is 0 Å². The van der Waals surface area contributed by atoms with E-state index in [1.807, 2.05) is 30.3 Å². The first-order valence-electron chi connectivity index (χ1n) is 8.85. The molecule has 4 rings (SSSR count). The summed E-state index contributed by atoms with van der Waals surface area (Å²) in [5.41, 5.74) is 0.741. The molecule has 29 heavy (non-hydrogen) atoms. The number of nitrogens with one attached hydrogen (secondary N) is 1. The van der Waals surface area contributed by atoms with E-state index in [0.29, 0.717) is 18.1 Å². The number of nitrogens with zero attached hydrogens (tertiary/aromatic N) is 3. The van der Waals surface area contributed by atoms with Crippen LogP contribution < -0.4 is 5.32 Å². The van der Waals surface area contributed by atoms with Crippen LogP contribution in [0, 0.1) is 6.92 Å². The molecule has 2 aromatic heterocycles. The molecule has 2 heterocycles. The van der Waals surface area contributed by atoms with Crippen LogP contribution in [0.3, 0.4) is 0 Å². The maximum absolute atomic E-state index is 13.8. The van der Waals surface area contributed by atoms with Gasteiger partial charge in [-0.2, -0.15) is 22.8 Å². The molecule has 0 radical (unpaired) electrons. The van der Waals surface area contributed by atoms with E-state index in [4.69, 9.17) is 11.6 Å². The minimum Gasteiger partial charge on any atom is -0.366 e. The molecular formula is C21H16ClF3N4. The zero-order valence-corrected chi connectivity index (χ0v) is 16.1. The predicted molar refractivity (Wildman–Crippen MR) is 107 cm³/mol. The number of hydrogen-bond acceptors (Lipinski definition) is 3. The number of rotatable bonds is 4. The summed E-state index contributed by atoms with van der Waals surface area (Å²) in [7, 11) is 0. The molecule has 0 atom stereocenters. The predicted octanol–water partition coefficient (Wildman–Crippen LogP) is 5.99. The second-order valence-electron chi connectivity index (χ2n) is 6.56. The first-order chi connectivity index (χ1) is 13.8.